The molecule has 5 heteroatoms. The van der Waals surface area contributed by atoms with Gasteiger partial charge in [-0.05, 0) is 75.5 Å². The van der Waals surface area contributed by atoms with Crippen molar-refractivity contribution in [3.05, 3.63) is 58.2 Å². The van der Waals surface area contributed by atoms with Crippen molar-refractivity contribution in [2.45, 2.75) is 39.2 Å². The van der Waals surface area contributed by atoms with E-state index in [9.17, 15) is 9.18 Å². The molecule has 1 aromatic carbocycles. The predicted molar refractivity (Wildman–Crippen MR) is 102 cm³/mol. The molecule has 140 valence electrons. The number of nitrogens with zero attached hydrogens (tertiary/aromatic N) is 2. The van der Waals surface area contributed by atoms with Gasteiger partial charge in [0.15, 0.2) is 0 Å². The SMILES string of the molecule is Cc1c2c(n(Cc3ccc(F)cc3)c1C(=O)NCCN(C)C)CCCC2. The number of carbonyl (C=O) groups excluding carboxylic acids is 1. The Morgan fingerprint density at radius 2 is 1.88 bits per heavy atom. The van der Waals surface area contributed by atoms with Crippen LogP contribution in [0.15, 0.2) is 24.3 Å². The molecular formula is C21H28FN3O. The lowest BCUT2D eigenvalue weighted by Crippen LogP contribution is -2.33. The van der Waals surface area contributed by atoms with Crippen LogP contribution in [0.1, 0.15) is 45.7 Å². The first-order valence-corrected chi connectivity index (χ1v) is 9.35. The van der Waals surface area contributed by atoms with E-state index in [1.165, 1.54) is 29.8 Å². The number of hydrogen-bond donors (Lipinski definition) is 1. The summed E-state index contributed by atoms with van der Waals surface area (Å²) in [4.78, 5) is 15.0. The summed E-state index contributed by atoms with van der Waals surface area (Å²) in [5.74, 6) is -0.248. The van der Waals surface area contributed by atoms with E-state index in [2.05, 4.69) is 21.7 Å². The molecule has 0 fully saturated rings. The lowest BCUT2D eigenvalue weighted by Gasteiger charge is -2.17. The number of halogens is 1. The molecule has 0 saturated heterocycles. The highest BCUT2D eigenvalue weighted by Crippen LogP contribution is 2.30. The Morgan fingerprint density at radius 1 is 1.19 bits per heavy atom. The van der Waals surface area contributed by atoms with E-state index in [1.807, 2.05) is 14.1 Å². The maximum Gasteiger partial charge on any atom is 0.268 e. The molecule has 4 nitrogen and oxygen atoms in total. The Balaban J connectivity index is 1.92. The van der Waals surface area contributed by atoms with Crippen LogP contribution in [0, 0.1) is 12.7 Å². The number of rotatable bonds is 6. The molecule has 0 spiro atoms. The Labute approximate surface area is 155 Å². The van der Waals surface area contributed by atoms with Gasteiger partial charge in [-0.15, -0.1) is 0 Å². The highest BCUT2D eigenvalue weighted by molar-refractivity contribution is 5.95. The quantitative estimate of drug-likeness (QED) is 0.862. The van der Waals surface area contributed by atoms with Gasteiger partial charge in [0.1, 0.15) is 11.5 Å². The second-order valence-corrected chi connectivity index (χ2v) is 7.38. The molecule has 1 aliphatic rings. The fourth-order valence-corrected chi connectivity index (χ4v) is 3.79. The molecule has 26 heavy (non-hydrogen) atoms. The van der Waals surface area contributed by atoms with Crippen LogP contribution < -0.4 is 5.32 Å². The third-order valence-electron chi connectivity index (χ3n) is 5.16. The van der Waals surface area contributed by atoms with Crippen molar-refractivity contribution in [3.63, 3.8) is 0 Å². The van der Waals surface area contributed by atoms with Gasteiger partial charge in [0.25, 0.3) is 5.91 Å². The smallest absolute Gasteiger partial charge is 0.268 e. The van der Waals surface area contributed by atoms with Crippen molar-refractivity contribution in [1.29, 1.82) is 0 Å². The first kappa shape index (κ1) is 18.6. The third-order valence-corrected chi connectivity index (χ3v) is 5.16. The number of hydrogen-bond acceptors (Lipinski definition) is 2. The van der Waals surface area contributed by atoms with E-state index in [-0.39, 0.29) is 11.7 Å². The zero-order valence-electron chi connectivity index (χ0n) is 15.9. The molecule has 1 aromatic heterocycles. The number of likely N-dealkylation sites (N-methyl/N-ethyl adjacent to an activating group) is 1. The van der Waals surface area contributed by atoms with Crippen LogP contribution >= 0.6 is 0 Å². The van der Waals surface area contributed by atoms with Gasteiger partial charge in [-0.1, -0.05) is 12.1 Å². The number of nitrogens with one attached hydrogen (secondary N) is 1. The van der Waals surface area contributed by atoms with Crippen LogP contribution in [0.25, 0.3) is 0 Å². The minimum Gasteiger partial charge on any atom is -0.349 e. The minimum atomic E-state index is -0.235. The van der Waals surface area contributed by atoms with Crippen molar-refractivity contribution in [2.24, 2.45) is 0 Å². The summed E-state index contributed by atoms with van der Waals surface area (Å²) in [7, 11) is 3.99. The largest absolute Gasteiger partial charge is 0.349 e. The summed E-state index contributed by atoms with van der Waals surface area (Å²) >= 11 is 0. The number of fused-ring (bicyclic) bond motifs is 1. The molecular weight excluding hydrogens is 329 g/mol. The van der Waals surface area contributed by atoms with Crippen molar-refractivity contribution in [1.82, 2.24) is 14.8 Å². The van der Waals surface area contributed by atoms with Gasteiger partial charge in [-0.2, -0.15) is 0 Å². The van der Waals surface area contributed by atoms with Crippen molar-refractivity contribution >= 4 is 5.91 Å². The van der Waals surface area contributed by atoms with Gasteiger partial charge < -0.3 is 14.8 Å². The Morgan fingerprint density at radius 3 is 2.58 bits per heavy atom. The summed E-state index contributed by atoms with van der Waals surface area (Å²) < 4.78 is 15.4. The van der Waals surface area contributed by atoms with Gasteiger partial charge in [0.2, 0.25) is 0 Å². The van der Waals surface area contributed by atoms with Crippen LogP contribution in [-0.4, -0.2) is 42.6 Å². The molecule has 0 unspecified atom stereocenters. The molecule has 0 saturated carbocycles. The van der Waals surface area contributed by atoms with E-state index in [0.29, 0.717) is 13.1 Å². The number of aromatic nitrogens is 1. The highest BCUT2D eigenvalue weighted by Gasteiger charge is 2.26. The normalized spacial score (nSPS) is 13.7. The van der Waals surface area contributed by atoms with Crippen LogP contribution in [-0.2, 0) is 19.4 Å². The zero-order valence-corrected chi connectivity index (χ0v) is 15.9. The molecule has 3 rings (SSSR count). The number of amides is 1. The standard InChI is InChI=1S/C21H28FN3O/c1-15-18-6-4-5-7-19(18)25(14-16-8-10-17(22)11-9-16)20(15)21(26)23-12-13-24(2)3/h8-11H,4-7,12-14H2,1-3H3,(H,23,26). The first-order chi connectivity index (χ1) is 12.5. The van der Waals surface area contributed by atoms with Crippen molar-refractivity contribution < 1.29 is 9.18 Å². The van der Waals surface area contributed by atoms with Crippen LogP contribution in [0.5, 0.6) is 0 Å². The van der Waals surface area contributed by atoms with Gasteiger partial charge in [0, 0.05) is 25.3 Å². The molecule has 0 bridgehead atoms. The van der Waals surface area contributed by atoms with E-state index < -0.39 is 0 Å². The van der Waals surface area contributed by atoms with Crippen LogP contribution in [0.3, 0.4) is 0 Å². The van der Waals surface area contributed by atoms with Gasteiger partial charge in [-0.3, -0.25) is 4.79 Å². The molecule has 0 aliphatic heterocycles. The lowest BCUT2D eigenvalue weighted by atomic mass is 9.95. The molecule has 0 radical (unpaired) electrons. The average molecular weight is 357 g/mol. The van der Waals surface area contributed by atoms with E-state index in [1.54, 1.807) is 12.1 Å². The van der Waals surface area contributed by atoms with Crippen LogP contribution in [0.4, 0.5) is 4.39 Å². The van der Waals surface area contributed by atoms with Gasteiger partial charge in [0.05, 0.1) is 0 Å². The summed E-state index contributed by atoms with van der Waals surface area (Å²) in [6.45, 7) is 4.10. The van der Waals surface area contributed by atoms with E-state index >= 15 is 0 Å². The Bertz CT molecular complexity index is 778. The molecule has 2 aromatic rings. The molecule has 1 heterocycles. The first-order valence-electron chi connectivity index (χ1n) is 9.35. The molecule has 1 aliphatic carbocycles. The topological polar surface area (TPSA) is 37.3 Å². The van der Waals surface area contributed by atoms with Gasteiger partial charge >= 0.3 is 0 Å². The van der Waals surface area contributed by atoms with E-state index in [4.69, 9.17) is 0 Å². The second-order valence-electron chi connectivity index (χ2n) is 7.38. The summed E-state index contributed by atoms with van der Waals surface area (Å²) in [6.07, 6.45) is 4.37. The Hall–Kier alpha value is -2.14. The minimum absolute atomic E-state index is 0.0131. The van der Waals surface area contributed by atoms with E-state index in [0.717, 1.165) is 42.6 Å². The van der Waals surface area contributed by atoms with Crippen molar-refractivity contribution in [2.75, 3.05) is 27.2 Å². The maximum atomic E-state index is 13.2. The highest BCUT2D eigenvalue weighted by atomic mass is 19.1. The fourth-order valence-electron chi connectivity index (χ4n) is 3.79. The number of carbonyl (C=O) groups is 1. The monoisotopic (exact) mass is 357 g/mol. The summed E-state index contributed by atoms with van der Waals surface area (Å²) in [6, 6.07) is 6.56. The Kier molecular flexibility index (Phi) is 5.77. The van der Waals surface area contributed by atoms with Crippen LogP contribution in [0.2, 0.25) is 0 Å². The second kappa shape index (κ2) is 8.04. The van der Waals surface area contributed by atoms with Crippen molar-refractivity contribution in [3.8, 4) is 0 Å². The average Bonchev–Trinajstić information content (AvgIpc) is 2.89. The lowest BCUT2D eigenvalue weighted by molar-refractivity contribution is 0.0941. The molecule has 1 N–H and O–H groups in total. The fraction of sp³-hybridized carbons (Fsp3) is 0.476. The maximum absolute atomic E-state index is 13.2. The van der Waals surface area contributed by atoms with Gasteiger partial charge in [-0.25, -0.2) is 4.39 Å². The molecule has 0 atom stereocenters. The molecule has 1 amide bonds. The predicted octanol–water partition coefficient (Wildman–Crippen LogP) is 3.15. The zero-order chi connectivity index (χ0) is 18.7. The third kappa shape index (κ3) is 3.98. The summed E-state index contributed by atoms with van der Waals surface area (Å²) in [5, 5.41) is 3.05. The number of benzene rings is 1. The summed E-state index contributed by atoms with van der Waals surface area (Å²) in [5.41, 5.74) is 5.48.